The van der Waals surface area contributed by atoms with Gasteiger partial charge in [-0.05, 0) is 31.9 Å². The van der Waals surface area contributed by atoms with Crippen LogP contribution in [0.15, 0.2) is 40.9 Å². The number of hydrogen-bond donors (Lipinski definition) is 2. The average Bonchev–Trinajstić information content (AvgIpc) is 2.94. The molecule has 1 aliphatic rings. The van der Waals surface area contributed by atoms with Gasteiger partial charge in [-0.3, -0.25) is 9.69 Å². The molecule has 1 aromatic carbocycles. The van der Waals surface area contributed by atoms with Crippen LogP contribution < -0.4 is 5.32 Å². The Morgan fingerprint density at radius 1 is 1.43 bits per heavy atom. The van der Waals surface area contributed by atoms with Crippen LogP contribution in [0.5, 0.6) is 0 Å². The summed E-state index contributed by atoms with van der Waals surface area (Å²) >= 11 is 0. The number of β-amino-alcohol motifs (C(OH)–C–C–N with tert-alkyl or cyclic N) is 1. The van der Waals surface area contributed by atoms with Crippen LogP contribution in [0, 0.1) is 6.92 Å². The molecule has 122 valence electrons. The van der Waals surface area contributed by atoms with Crippen LogP contribution >= 0.6 is 0 Å². The fourth-order valence-corrected chi connectivity index (χ4v) is 3.00. The van der Waals surface area contributed by atoms with Crippen molar-refractivity contribution >= 4 is 11.7 Å². The van der Waals surface area contributed by atoms with Gasteiger partial charge in [-0.2, -0.15) is 0 Å². The molecule has 6 heteroatoms. The van der Waals surface area contributed by atoms with Gasteiger partial charge in [0.2, 0.25) is 5.91 Å². The van der Waals surface area contributed by atoms with Gasteiger partial charge >= 0.3 is 0 Å². The van der Waals surface area contributed by atoms with Gasteiger partial charge in [0.05, 0.1) is 6.10 Å². The van der Waals surface area contributed by atoms with E-state index in [9.17, 15) is 9.90 Å². The molecule has 0 unspecified atom stereocenters. The first-order valence-corrected chi connectivity index (χ1v) is 7.85. The third kappa shape index (κ3) is 3.78. The topological polar surface area (TPSA) is 78.6 Å². The summed E-state index contributed by atoms with van der Waals surface area (Å²) in [6.07, 6.45) is 1.26. The molecule has 0 spiro atoms. The molecule has 1 saturated heterocycles. The van der Waals surface area contributed by atoms with Gasteiger partial charge in [0.15, 0.2) is 5.82 Å². The van der Waals surface area contributed by atoms with Crippen LogP contribution in [0.4, 0.5) is 5.82 Å². The third-order valence-electron chi connectivity index (χ3n) is 4.04. The molecule has 0 radical (unpaired) electrons. The normalized spacial score (nSPS) is 20.2. The van der Waals surface area contributed by atoms with Crippen LogP contribution in [0.3, 0.4) is 0 Å². The number of carbonyl (C=O) groups excluding carboxylic acids is 1. The van der Waals surface area contributed by atoms with Gasteiger partial charge < -0.3 is 14.9 Å². The van der Waals surface area contributed by atoms with Crippen molar-refractivity contribution in [3.63, 3.8) is 0 Å². The summed E-state index contributed by atoms with van der Waals surface area (Å²) in [5.41, 5.74) is 0.902. The van der Waals surface area contributed by atoms with Crippen molar-refractivity contribution in [2.75, 3.05) is 18.4 Å². The minimum atomic E-state index is -0.455. The minimum absolute atomic E-state index is 0.168. The highest BCUT2D eigenvalue weighted by Gasteiger charge is 2.31. The number of anilines is 1. The SMILES string of the molecule is Cc1cc(NC(=O)[C@@H](c2ccccc2)N2CCC[C@H](O)C2)no1. The lowest BCUT2D eigenvalue weighted by Gasteiger charge is -2.35. The Morgan fingerprint density at radius 3 is 2.87 bits per heavy atom. The van der Waals surface area contributed by atoms with Crippen LogP contribution in [0.1, 0.15) is 30.2 Å². The predicted octanol–water partition coefficient (Wildman–Crippen LogP) is 2.12. The summed E-state index contributed by atoms with van der Waals surface area (Å²) in [6.45, 7) is 3.05. The largest absolute Gasteiger partial charge is 0.392 e. The van der Waals surface area contributed by atoms with Gasteiger partial charge in [0.1, 0.15) is 11.8 Å². The van der Waals surface area contributed by atoms with Crippen LogP contribution in [-0.4, -0.2) is 40.3 Å². The number of aromatic nitrogens is 1. The first kappa shape index (κ1) is 15.7. The van der Waals surface area contributed by atoms with Crippen LogP contribution in [-0.2, 0) is 4.79 Å². The lowest BCUT2D eigenvalue weighted by atomic mass is 10.00. The number of hydrogen-bond acceptors (Lipinski definition) is 5. The summed E-state index contributed by atoms with van der Waals surface area (Å²) in [6, 6.07) is 10.8. The van der Waals surface area contributed by atoms with Gasteiger partial charge in [-0.15, -0.1) is 0 Å². The van der Waals surface area contributed by atoms with Crippen molar-refractivity contribution in [1.29, 1.82) is 0 Å². The molecule has 0 bridgehead atoms. The Morgan fingerprint density at radius 2 is 2.22 bits per heavy atom. The van der Waals surface area contributed by atoms with Crippen LogP contribution in [0.25, 0.3) is 0 Å². The van der Waals surface area contributed by atoms with E-state index >= 15 is 0 Å². The monoisotopic (exact) mass is 315 g/mol. The minimum Gasteiger partial charge on any atom is -0.392 e. The highest BCUT2D eigenvalue weighted by atomic mass is 16.5. The molecule has 0 saturated carbocycles. The zero-order chi connectivity index (χ0) is 16.2. The average molecular weight is 315 g/mol. The van der Waals surface area contributed by atoms with Gasteiger partial charge in [0, 0.05) is 12.6 Å². The van der Waals surface area contributed by atoms with Crippen molar-refractivity contribution in [2.24, 2.45) is 0 Å². The quantitative estimate of drug-likeness (QED) is 0.903. The molecule has 1 amide bonds. The van der Waals surface area contributed by atoms with Gasteiger partial charge in [-0.25, -0.2) is 0 Å². The molecule has 6 nitrogen and oxygen atoms in total. The zero-order valence-electron chi connectivity index (χ0n) is 13.1. The van der Waals surface area contributed by atoms with E-state index < -0.39 is 12.1 Å². The summed E-state index contributed by atoms with van der Waals surface area (Å²) in [7, 11) is 0. The van der Waals surface area contributed by atoms with E-state index in [0.717, 1.165) is 24.9 Å². The molecule has 2 aromatic rings. The Hall–Kier alpha value is -2.18. The number of nitrogens with zero attached hydrogens (tertiary/aromatic N) is 2. The number of aryl methyl sites for hydroxylation is 1. The second-order valence-corrected chi connectivity index (χ2v) is 5.92. The van der Waals surface area contributed by atoms with Gasteiger partial charge in [-0.1, -0.05) is 35.5 Å². The summed E-state index contributed by atoms with van der Waals surface area (Å²) < 4.78 is 5.00. The molecule has 0 aliphatic carbocycles. The number of benzene rings is 1. The Balaban J connectivity index is 1.83. The number of rotatable bonds is 4. The molecule has 2 N–H and O–H groups in total. The lowest BCUT2D eigenvalue weighted by molar-refractivity contribution is -0.122. The molecule has 1 fully saturated rings. The van der Waals surface area contributed by atoms with E-state index in [0.29, 0.717) is 18.1 Å². The number of likely N-dealkylation sites (tertiary alicyclic amines) is 1. The molecule has 2 atom stereocenters. The van der Waals surface area contributed by atoms with Crippen molar-refractivity contribution in [3.05, 3.63) is 47.7 Å². The number of amides is 1. The van der Waals surface area contributed by atoms with Crippen molar-refractivity contribution in [3.8, 4) is 0 Å². The first-order valence-electron chi connectivity index (χ1n) is 7.85. The number of carbonyl (C=O) groups is 1. The second-order valence-electron chi connectivity index (χ2n) is 5.92. The molecule has 2 heterocycles. The smallest absolute Gasteiger partial charge is 0.247 e. The van der Waals surface area contributed by atoms with E-state index in [1.165, 1.54) is 0 Å². The van der Waals surface area contributed by atoms with Gasteiger partial charge in [0.25, 0.3) is 0 Å². The summed E-state index contributed by atoms with van der Waals surface area (Å²) in [4.78, 5) is 14.8. The van der Waals surface area contributed by atoms with E-state index in [2.05, 4.69) is 10.5 Å². The number of nitrogens with one attached hydrogen (secondary N) is 1. The Bertz CT molecular complexity index is 656. The predicted molar refractivity (Wildman–Crippen MR) is 85.9 cm³/mol. The number of aliphatic hydroxyl groups is 1. The van der Waals surface area contributed by atoms with E-state index in [1.807, 2.05) is 35.2 Å². The number of aliphatic hydroxyl groups excluding tert-OH is 1. The third-order valence-corrected chi connectivity index (χ3v) is 4.04. The standard InChI is InChI=1S/C17H21N3O3/c1-12-10-15(19-23-12)18-17(22)16(13-6-3-2-4-7-13)20-9-5-8-14(21)11-20/h2-4,6-7,10,14,16,21H,5,8-9,11H2,1H3,(H,18,19,22)/t14-,16+/m0/s1. The molecular formula is C17H21N3O3. The van der Waals surface area contributed by atoms with Crippen LogP contribution in [0.2, 0.25) is 0 Å². The Kier molecular flexibility index (Phi) is 4.73. The van der Waals surface area contributed by atoms with Crippen molar-refractivity contribution < 1.29 is 14.4 Å². The fraction of sp³-hybridized carbons (Fsp3) is 0.412. The van der Waals surface area contributed by atoms with E-state index in [4.69, 9.17) is 4.52 Å². The first-order chi connectivity index (χ1) is 11.1. The Labute approximate surface area is 135 Å². The lowest BCUT2D eigenvalue weighted by Crippen LogP contribution is -2.44. The summed E-state index contributed by atoms with van der Waals surface area (Å²) in [5, 5.41) is 16.6. The summed E-state index contributed by atoms with van der Waals surface area (Å²) in [5.74, 6) is 0.884. The fourth-order valence-electron chi connectivity index (χ4n) is 3.00. The maximum absolute atomic E-state index is 12.8. The zero-order valence-corrected chi connectivity index (χ0v) is 13.1. The second kappa shape index (κ2) is 6.93. The highest BCUT2D eigenvalue weighted by molar-refractivity contribution is 5.94. The van der Waals surface area contributed by atoms with E-state index in [-0.39, 0.29) is 5.91 Å². The maximum atomic E-state index is 12.8. The number of piperidine rings is 1. The van der Waals surface area contributed by atoms with Crippen molar-refractivity contribution in [1.82, 2.24) is 10.1 Å². The van der Waals surface area contributed by atoms with Crippen molar-refractivity contribution in [2.45, 2.75) is 31.9 Å². The van der Waals surface area contributed by atoms with E-state index in [1.54, 1.807) is 13.0 Å². The maximum Gasteiger partial charge on any atom is 0.247 e. The molecule has 1 aromatic heterocycles. The molecule has 23 heavy (non-hydrogen) atoms. The molecule has 1 aliphatic heterocycles. The molecule has 3 rings (SSSR count). The molecular weight excluding hydrogens is 294 g/mol. The highest BCUT2D eigenvalue weighted by Crippen LogP contribution is 2.26.